The topological polar surface area (TPSA) is 69.8 Å². The summed E-state index contributed by atoms with van der Waals surface area (Å²) in [4.78, 5) is 12.2. The van der Waals surface area contributed by atoms with Crippen molar-refractivity contribution in [3.8, 4) is 11.3 Å². The lowest BCUT2D eigenvalue weighted by Gasteiger charge is -2.27. The summed E-state index contributed by atoms with van der Waals surface area (Å²) in [6.45, 7) is 2.62. The number of carbonyl (C=O) groups excluding carboxylic acids is 1. The molecule has 5 nitrogen and oxygen atoms in total. The molecule has 0 bridgehead atoms. The average molecular weight is 327 g/mol. The Hall–Kier alpha value is -1.56. The van der Waals surface area contributed by atoms with E-state index in [-0.39, 0.29) is 18.3 Å². The number of amides is 1. The number of halogens is 2. The number of nitrogens with zero attached hydrogens (tertiary/aromatic N) is 1. The molecule has 1 aliphatic rings. The van der Waals surface area contributed by atoms with Crippen LogP contribution in [0.15, 0.2) is 30.5 Å². The normalized spacial score (nSPS) is 14.1. The SMILES string of the molecule is Cl.O=C(NCC1CNC1)c1cn[nH]c1-c1cccc(Cl)c1. The molecule has 2 heterocycles. The van der Waals surface area contributed by atoms with Crippen molar-refractivity contribution < 1.29 is 4.79 Å². The highest BCUT2D eigenvalue weighted by Crippen LogP contribution is 2.23. The number of hydrogen-bond donors (Lipinski definition) is 3. The van der Waals surface area contributed by atoms with Crippen LogP contribution in [0.1, 0.15) is 10.4 Å². The van der Waals surface area contributed by atoms with Crippen molar-refractivity contribution in [2.45, 2.75) is 0 Å². The van der Waals surface area contributed by atoms with Gasteiger partial charge in [0.05, 0.1) is 17.5 Å². The van der Waals surface area contributed by atoms with Crippen LogP contribution in [0.4, 0.5) is 0 Å². The molecule has 7 heteroatoms. The van der Waals surface area contributed by atoms with Gasteiger partial charge in [-0.15, -0.1) is 12.4 Å². The molecule has 1 fully saturated rings. The van der Waals surface area contributed by atoms with Gasteiger partial charge in [0.1, 0.15) is 0 Å². The molecule has 3 N–H and O–H groups in total. The zero-order chi connectivity index (χ0) is 13.9. The molecule has 0 atom stereocenters. The Balaban J connectivity index is 0.00000161. The Kier molecular flexibility index (Phi) is 5.22. The molecule has 0 unspecified atom stereocenters. The van der Waals surface area contributed by atoms with E-state index in [4.69, 9.17) is 11.6 Å². The maximum Gasteiger partial charge on any atom is 0.255 e. The lowest BCUT2D eigenvalue weighted by atomic mass is 10.0. The number of nitrogens with one attached hydrogen (secondary N) is 3. The van der Waals surface area contributed by atoms with E-state index >= 15 is 0 Å². The van der Waals surface area contributed by atoms with Crippen LogP contribution >= 0.6 is 24.0 Å². The van der Waals surface area contributed by atoms with Crippen LogP contribution in [0.3, 0.4) is 0 Å². The quantitative estimate of drug-likeness (QED) is 0.805. The fourth-order valence-corrected chi connectivity index (χ4v) is 2.34. The summed E-state index contributed by atoms with van der Waals surface area (Å²) in [5.41, 5.74) is 2.08. The zero-order valence-electron chi connectivity index (χ0n) is 11.2. The third-order valence-corrected chi connectivity index (χ3v) is 3.65. The Morgan fingerprint density at radius 2 is 2.24 bits per heavy atom. The van der Waals surface area contributed by atoms with Gasteiger partial charge in [-0.05, 0) is 12.1 Å². The van der Waals surface area contributed by atoms with E-state index in [1.165, 1.54) is 0 Å². The molecule has 1 aromatic heterocycles. The number of aromatic amines is 1. The first-order valence-electron chi connectivity index (χ1n) is 6.52. The van der Waals surface area contributed by atoms with E-state index in [1.54, 1.807) is 12.3 Å². The van der Waals surface area contributed by atoms with Crippen molar-refractivity contribution in [3.05, 3.63) is 41.0 Å². The lowest BCUT2D eigenvalue weighted by molar-refractivity contribution is 0.0943. The van der Waals surface area contributed by atoms with Crippen molar-refractivity contribution in [3.63, 3.8) is 0 Å². The molecule has 1 aliphatic heterocycles. The van der Waals surface area contributed by atoms with Crippen LogP contribution in [0.2, 0.25) is 5.02 Å². The largest absolute Gasteiger partial charge is 0.352 e. The molecule has 0 aliphatic carbocycles. The minimum absolute atomic E-state index is 0. The summed E-state index contributed by atoms with van der Waals surface area (Å²) in [6.07, 6.45) is 1.55. The summed E-state index contributed by atoms with van der Waals surface area (Å²) in [5.74, 6) is 0.418. The number of rotatable bonds is 4. The van der Waals surface area contributed by atoms with Gasteiger partial charge in [0.2, 0.25) is 0 Å². The van der Waals surface area contributed by atoms with Crippen molar-refractivity contribution in [1.29, 1.82) is 0 Å². The molecule has 1 aromatic carbocycles. The van der Waals surface area contributed by atoms with Gasteiger partial charge in [-0.2, -0.15) is 5.10 Å². The van der Waals surface area contributed by atoms with E-state index in [0.717, 1.165) is 18.7 Å². The minimum Gasteiger partial charge on any atom is -0.352 e. The third kappa shape index (κ3) is 3.56. The molecule has 0 spiro atoms. The fraction of sp³-hybridized carbons (Fsp3) is 0.286. The smallest absolute Gasteiger partial charge is 0.255 e. The van der Waals surface area contributed by atoms with Crippen molar-refractivity contribution in [2.24, 2.45) is 5.92 Å². The summed E-state index contributed by atoms with van der Waals surface area (Å²) >= 11 is 5.98. The van der Waals surface area contributed by atoms with E-state index < -0.39 is 0 Å². The summed E-state index contributed by atoms with van der Waals surface area (Å²) in [6, 6.07) is 7.35. The van der Waals surface area contributed by atoms with Crippen LogP contribution in [0, 0.1) is 5.92 Å². The third-order valence-electron chi connectivity index (χ3n) is 3.41. The number of carbonyl (C=O) groups is 1. The molecule has 1 amide bonds. The Morgan fingerprint density at radius 3 is 2.90 bits per heavy atom. The molecule has 112 valence electrons. The first-order chi connectivity index (χ1) is 9.74. The number of benzene rings is 1. The molecule has 3 rings (SSSR count). The van der Waals surface area contributed by atoms with Gasteiger partial charge in [-0.3, -0.25) is 9.89 Å². The highest BCUT2D eigenvalue weighted by Gasteiger charge is 2.20. The molecule has 1 saturated heterocycles. The first-order valence-corrected chi connectivity index (χ1v) is 6.90. The standard InChI is InChI=1S/C14H15ClN4O.ClH/c15-11-3-1-2-10(4-11)13-12(8-18-19-13)14(20)17-7-9-5-16-6-9;/h1-4,8-9,16H,5-7H2,(H,17,20)(H,18,19);1H. The van der Waals surface area contributed by atoms with Crippen molar-refractivity contribution >= 4 is 29.9 Å². The van der Waals surface area contributed by atoms with Crippen LogP contribution < -0.4 is 10.6 Å². The number of aromatic nitrogens is 2. The number of H-pyrrole nitrogens is 1. The molecular weight excluding hydrogens is 311 g/mol. The predicted molar refractivity (Wildman–Crippen MR) is 85.0 cm³/mol. The van der Waals surface area contributed by atoms with E-state index in [2.05, 4.69) is 20.8 Å². The van der Waals surface area contributed by atoms with E-state index in [9.17, 15) is 4.79 Å². The molecule has 21 heavy (non-hydrogen) atoms. The van der Waals surface area contributed by atoms with Gasteiger partial charge in [-0.1, -0.05) is 23.7 Å². The highest BCUT2D eigenvalue weighted by atomic mass is 35.5. The maximum absolute atomic E-state index is 12.2. The Bertz CT molecular complexity index is 625. The maximum atomic E-state index is 12.2. The first kappa shape index (κ1) is 15.8. The van der Waals surface area contributed by atoms with Crippen molar-refractivity contribution in [2.75, 3.05) is 19.6 Å². The van der Waals surface area contributed by atoms with Gasteiger partial charge in [0, 0.05) is 36.1 Å². The van der Waals surface area contributed by atoms with E-state index in [0.29, 0.717) is 28.7 Å². The molecular formula is C14H16Cl2N4O. The second-order valence-corrected chi connectivity index (χ2v) is 5.34. The van der Waals surface area contributed by atoms with Crippen molar-refractivity contribution in [1.82, 2.24) is 20.8 Å². The van der Waals surface area contributed by atoms with Crippen LogP contribution in [0.5, 0.6) is 0 Å². The predicted octanol–water partition coefficient (Wildman–Crippen LogP) is 2.10. The van der Waals surface area contributed by atoms with Gasteiger partial charge in [0.15, 0.2) is 0 Å². The monoisotopic (exact) mass is 326 g/mol. The van der Waals surface area contributed by atoms with Gasteiger partial charge >= 0.3 is 0 Å². The Labute approximate surface area is 133 Å². The molecule has 0 saturated carbocycles. The van der Waals surface area contributed by atoms with Gasteiger partial charge < -0.3 is 10.6 Å². The van der Waals surface area contributed by atoms with Crippen LogP contribution in [-0.4, -0.2) is 35.7 Å². The van der Waals surface area contributed by atoms with E-state index in [1.807, 2.05) is 18.2 Å². The fourth-order valence-electron chi connectivity index (χ4n) is 2.15. The highest BCUT2D eigenvalue weighted by molar-refractivity contribution is 6.30. The summed E-state index contributed by atoms with van der Waals surface area (Å²) < 4.78 is 0. The lowest BCUT2D eigenvalue weighted by Crippen LogP contribution is -2.48. The van der Waals surface area contributed by atoms with Gasteiger partial charge in [-0.25, -0.2) is 0 Å². The van der Waals surface area contributed by atoms with Gasteiger partial charge in [0.25, 0.3) is 5.91 Å². The Morgan fingerprint density at radius 1 is 1.43 bits per heavy atom. The minimum atomic E-state index is -0.111. The zero-order valence-corrected chi connectivity index (χ0v) is 12.8. The van der Waals surface area contributed by atoms with Crippen LogP contribution in [0.25, 0.3) is 11.3 Å². The summed E-state index contributed by atoms with van der Waals surface area (Å²) in [7, 11) is 0. The second kappa shape index (κ2) is 6.93. The summed E-state index contributed by atoms with van der Waals surface area (Å²) in [5, 5.41) is 13.6. The average Bonchev–Trinajstić information content (AvgIpc) is 2.86. The molecule has 2 aromatic rings. The van der Waals surface area contributed by atoms with Crippen LogP contribution in [-0.2, 0) is 0 Å². The molecule has 0 radical (unpaired) electrons. The second-order valence-electron chi connectivity index (χ2n) is 4.90. The number of hydrogen-bond acceptors (Lipinski definition) is 3.